The number of nitrogens with one attached hydrogen (secondary N) is 8. The number of amides is 8. The molecule has 0 bridgehead atoms. The lowest BCUT2D eigenvalue weighted by Gasteiger charge is -2.27. The van der Waals surface area contributed by atoms with Gasteiger partial charge in [-0.1, -0.05) is 70.2 Å². The average molecular weight is 1040 g/mol. The number of carboxylic acids is 3. The Bertz CT molecular complexity index is 2250. The lowest BCUT2D eigenvalue weighted by atomic mass is 9.99. The number of carboxylic acid groups (broad SMARTS) is 3. The third-order valence-electron chi connectivity index (χ3n) is 11.1. The molecule has 2 aromatic carbocycles. The van der Waals surface area contributed by atoms with Crippen molar-refractivity contribution in [3.8, 4) is 5.75 Å². The maximum Gasteiger partial charge on any atom is 0.325 e. The molecular weight excluding hydrogens is 975 g/mol. The molecule has 9 atom stereocenters. The molecule has 0 unspecified atom stereocenters. The van der Waals surface area contributed by atoms with Crippen molar-refractivity contribution in [1.29, 1.82) is 0 Å². The number of aromatic hydroxyl groups is 1. The molecule has 14 N–H and O–H groups in total. The second-order valence-electron chi connectivity index (χ2n) is 18.2. The van der Waals surface area contributed by atoms with Crippen molar-refractivity contribution in [2.45, 2.75) is 141 Å². The van der Waals surface area contributed by atoms with E-state index in [9.17, 15) is 73.2 Å². The molecule has 402 valence electrons. The number of thiol groups is 1. The Kier molecular flexibility index (Phi) is 25.9. The fourth-order valence-corrected chi connectivity index (χ4v) is 7.08. The minimum atomic E-state index is -1.74. The summed E-state index contributed by atoms with van der Waals surface area (Å²) in [6.45, 7) is 9.62. The molecule has 73 heavy (non-hydrogen) atoms. The Balaban J connectivity index is 2.33. The largest absolute Gasteiger partial charge is 0.508 e. The number of carbonyl (C=O) groups is 11. The van der Waals surface area contributed by atoms with Gasteiger partial charge in [-0.2, -0.15) is 12.6 Å². The Morgan fingerprint density at radius 3 is 1.29 bits per heavy atom. The van der Waals surface area contributed by atoms with E-state index < -0.39 is 151 Å². The topological polar surface area (TPSA) is 391 Å². The molecule has 0 aliphatic rings. The van der Waals surface area contributed by atoms with Gasteiger partial charge in [0.25, 0.3) is 0 Å². The lowest BCUT2D eigenvalue weighted by Crippen LogP contribution is -2.60. The second-order valence-corrected chi connectivity index (χ2v) is 18.5. The number of phenols is 1. The summed E-state index contributed by atoms with van der Waals surface area (Å²) in [5.41, 5.74) is 7.06. The summed E-state index contributed by atoms with van der Waals surface area (Å²) in [5.74, 6) is -12.3. The van der Waals surface area contributed by atoms with Gasteiger partial charge in [0.2, 0.25) is 47.3 Å². The molecule has 8 amide bonds. The third-order valence-corrected chi connectivity index (χ3v) is 11.5. The number of rotatable bonds is 31. The van der Waals surface area contributed by atoms with Crippen molar-refractivity contribution in [1.82, 2.24) is 42.5 Å². The number of benzene rings is 2. The number of hydrogen-bond donors (Lipinski definition) is 14. The Labute approximate surface area is 427 Å². The Morgan fingerprint density at radius 2 is 0.863 bits per heavy atom. The van der Waals surface area contributed by atoms with Crippen molar-refractivity contribution < 1.29 is 73.2 Å². The van der Waals surface area contributed by atoms with Crippen LogP contribution in [0.3, 0.4) is 0 Å². The van der Waals surface area contributed by atoms with Crippen LogP contribution >= 0.6 is 12.6 Å². The highest BCUT2D eigenvalue weighted by atomic mass is 32.1. The van der Waals surface area contributed by atoms with Crippen LogP contribution in [0.2, 0.25) is 0 Å². The summed E-state index contributed by atoms with van der Waals surface area (Å²) in [6, 6.07) is 1.48. The number of aliphatic carboxylic acids is 3. The van der Waals surface area contributed by atoms with Crippen LogP contribution in [-0.2, 0) is 65.6 Å². The SMILES string of the molecule is CC(C)C[C@H](NC(=O)[C@@H](N)C(C)C)C(=O)N[C@@H](Cc1ccccc1)C(=O)N[C@@H](C)C(=O)N[C@@H](CS)C(=O)N[C@@H](CCC(=O)O)C(=O)N[C@@H](CCC(=O)O)C(=O)N[C@@H](Cc1ccc(O)cc1)C(=O)N[C@@H](C)C(=O)O. The fourth-order valence-electron chi connectivity index (χ4n) is 6.82. The highest BCUT2D eigenvalue weighted by molar-refractivity contribution is 7.80. The smallest absolute Gasteiger partial charge is 0.325 e. The zero-order valence-corrected chi connectivity index (χ0v) is 42.4. The third kappa shape index (κ3) is 22.4. The van der Waals surface area contributed by atoms with E-state index in [-0.39, 0.29) is 36.8 Å². The first-order valence-corrected chi connectivity index (χ1v) is 24.1. The van der Waals surface area contributed by atoms with Crippen LogP contribution in [0.4, 0.5) is 0 Å². The van der Waals surface area contributed by atoms with E-state index in [0.717, 1.165) is 6.92 Å². The second kappa shape index (κ2) is 30.6. The molecule has 0 aromatic heterocycles. The van der Waals surface area contributed by atoms with Gasteiger partial charge in [-0.15, -0.1) is 0 Å². The van der Waals surface area contributed by atoms with Gasteiger partial charge >= 0.3 is 17.9 Å². The summed E-state index contributed by atoms with van der Waals surface area (Å²) in [7, 11) is 0. The zero-order valence-electron chi connectivity index (χ0n) is 41.5. The molecule has 0 radical (unpaired) electrons. The van der Waals surface area contributed by atoms with Crippen molar-refractivity contribution >= 4 is 77.8 Å². The maximum atomic E-state index is 13.9. The van der Waals surface area contributed by atoms with Crippen LogP contribution in [0.1, 0.15) is 84.8 Å². The summed E-state index contributed by atoms with van der Waals surface area (Å²) in [5, 5.41) is 57.5. The molecule has 0 saturated heterocycles. The molecule has 0 aliphatic carbocycles. The Hall–Kier alpha value is -7.28. The van der Waals surface area contributed by atoms with Gasteiger partial charge in [0, 0.05) is 31.4 Å². The average Bonchev–Trinajstić information content (AvgIpc) is 3.32. The molecular formula is C48H69N9O15S. The molecule has 0 saturated carbocycles. The number of hydrogen-bond acceptors (Lipinski definition) is 14. The van der Waals surface area contributed by atoms with Gasteiger partial charge in [0.15, 0.2) is 0 Å². The summed E-state index contributed by atoms with van der Waals surface area (Å²) < 4.78 is 0. The van der Waals surface area contributed by atoms with Gasteiger partial charge in [-0.25, -0.2) is 0 Å². The van der Waals surface area contributed by atoms with Crippen LogP contribution in [0.5, 0.6) is 5.75 Å². The quantitative estimate of drug-likeness (QED) is 0.0397. The van der Waals surface area contributed by atoms with Crippen molar-refractivity contribution in [3.63, 3.8) is 0 Å². The first kappa shape index (κ1) is 61.8. The van der Waals surface area contributed by atoms with Gasteiger partial charge in [0.05, 0.1) is 6.04 Å². The van der Waals surface area contributed by atoms with Crippen molar-refractivity contribution in [3.05, 3.63) is 65.7 Å². The molecule has 25 heteroatoms. The van der Waals surface area contributed by atoms with Gasteiger partial charge in [-0.05, 0) is 68.2 Å². The fraction of sp³-hybridized carbons (Fsp3) is 0.521. The standard InChI is InChI=1S/C48H69N9O15S/c1-24(2)20-33(56-47(70)39(49)25(3)4)45(68)55-34(21-28-10-8-7-9-11-28)43(66)50-26(5)40(63)57-36(23-73)46(69)53-31(16-18-37(59)60)41(64)52-32(17-19-38(61)62)42(65)54-35(44(67)51-27(6)48(71)72)22-29-12-14-30(58)15-13-29/h7-15,24-27,31-36,39,58,73H,16-23,49H2,1-6H3,(H,50,66)(H,51,67)(H,52,64)(H,53,69)(H,54,65)(H,55,68)(H,56,70)(H,57,63)(H,59,60)(H,61,62)(H,71,72)/t26-,27-,31-,32-,33-,34-,35-,36-,39-/m0/s1. The normalized spacial score (nSPS) is 14.8. The van der Waals surface area contributed by atoms with E-state index in [1.807, 2.05) is 13.8 Å². The van der Waals surface area contributed by atoms with Gasteiger partial charge < -0.3 is 68.7 Å². The van der Waals surface area contributed by atoms with Crippen LogP contribution in [-0.4, -0.2) is 146 Å². The lowest BCUT2D eigenvalue weighted by molar-refractivity contribution is -0.142. The maximum absolute atomic E-state index is 13.9. The predicted octanol–water partition coefficient (Wildman–Crippen LogP) is -1.13. The summed E-state index contributed by atoms with van der Waals surface area (Å²) >= 11 is 4.16. The van der Waals surface area contributed by atoms with Crippen molar-refractivity contribution in [2.24, 2.45) is 17.6 Å². The van der Waals surface area contributed by atoms with Crippen LogP contribution in [0.25, 0.3) is 0 Å². The zero-order chi connectivity index (χ0) is 55.1. The van der Waals surface area contributed by atoms with Crippen LogP contribution in [0, 0.1) is 11.8 Å². The van der Waals surface area contributed by atoms with Crippen LogP contribution in [0.15, 0.2) is 54.6 Å². The van der Waals surface area contributed by atoms with Gasteiger partial charge in [-0.3, -0.25) is 52.7 Å². The molecule has 0 fully saturated rings. The minimum absolute atomic E-state index is 0.0390. The van der Waals surface area contributed by atoms with E-state index in [4.69, 9.17) is 5.73 Å². The van der Waals surface area contributed by atoms with E-state index in [0.29, 0.717) is 11.1 Å². The molecule has 0 spiro atoms. The molecule has 2 rings (SSSR count). The monoisotopic (exact) mass is 1040 g/mol. The number of phenolic OH excluding ortho intramolecular Hbond substituents is 1. The van der Waals surface area contributed by atoms with E-state index >= 15 is 0 Å². The first-order valence-electron chi connectivity index (χ1n) is 23.5. The predicted molar refractivity (Wildman–Crippen MR) is 266 cm³/mol. The van der Waals surface area contributed by atoms with Crippen LogP contribution < -0.4 is 48.3 Å². The van der Waals surface area contributed by atoms with Crippen molar-refractivity contribution in [2.75, 3.05) is 5.75 Å². The van der Waals surface area contributed by atoms with E-state index in [1.165, 1.54) is 31.2 Å². The van der Waals surface area contributed by atoms with E-state index in [1.54, 1.807) is 44.2 Å². The summed E-state index contributed by atoms with van der Waals surface area (Å²) in [4.78, 5) is 143. The Morgan fingerprint density at radius 1 is 0.479 bits per heavy atom. The molecule has 0 aliphatic heterocycles. The number of carbonyl (C=O) groups excluding carboxylic acids is 8. The van der Waals surface area contributed by atoms with E-state index in [2.05, 4.69) is 55.2 Å². The molecule has 2 aromatic rings. The highest BCUT2D eigenvalue weighted by Gasteiger charge is 2.35. The summed E-state index contributed by atoms with van der Waals surface area (Å²) in [6.07, 6.45) is -2.68. The number of nitrogens with two attached hydrogens (primary N) is 1. The molecule has 0 heterocycles. The molecule has 24 nitrogen and oxygen atoms in total. The highest BCUT2D eigenvalue weighted by Crippen LogP contribution is 2.14. The first-order chi connectivity index (χ1) is 34.2. The minimum Gasteiger partial charge on any atom is -0.508 e. The van der Waals surface area contributed by atoms with Gasteiger partial charge in [0.1, 0.15) is 54.1 Å².